The van der Waals surface area contributed by atoms with Crippen LogP contribution in [-0.4, -0.2) is 11.9 Å². The minimum atomic E-state index is -0.184. The number of amides is 1. The van der Waals surface area contributed by atoms with Gasteiger partial charge in [-0.2, -0.15) is 0 Å². The van der Waals surface area contributed by atoms with E-state index in [1.165, 1.54) is 5.56 Å². The molecule has 0 spiro atoms. The fourth-order valence-electron chi connectivity index (χ4n) is 2.59. The van der Waals surface area contributed by atoms with Crippen molar-refractivity contribution in [3.63, 3.8) is 0 Å². The summed E-state index contributed by atoms with van der Waals surface area (Å²) in [6.45, 7) is 0.634. The Morgan fingerprint density at radius 2 is 2.05 bits per heavy atom. The first-order valence-electron chi connectivity index (χ1n) is 7.09. The van der Waals surface area contributed by atoms with Crippen molar-refractivity contribution in [3.8, 4) is 0 Å². The van der Waals surface area contributed by atoms with Crippen molar-refractivity contribution in [2.45, 2.75) is 25.4 Å². The lowest BCUT2D eigenvalue weighted by Gasteiger charge is -2.15. The standard InChI is InChI=1S/C17H17ClN2O/c18-14-6-3-4-12(10-14)11-19-16-9-8-13-5-1-2-7-15(13)20-17(16)21/h1-7,10,16,19H,8-9,11H2,(H,20,21). The summed E-state index contributed by atoms with van der Waals surface area (Å²) in [6, 6.07) is 15.5. The van der Waals surface area contributed by atoms with Gasteiger partial charge in [0, 0.05) is 17.3 Å². The lowest BCUT2D eigenvalue weighted by molar-refractivity contribution is -0.118. The first-order chi connectivity index (χ1) is 10.2. The van der Waals surface area contributed by atoms with Gasteiger partial charge in [-0.3, -0.25) is 4.79 Å². The van der Waals surface area contributed by atoms with Gasteiger partial charge >= 0.3 is 0 Å². The maximum absolute atomic E-state index is 12.3. The molecule has 2 N–H and O–H groups in total. The second-order valence-corrected chi connectivity index (χ2v) is 5.68. The van der Waals surface area contributed by atoms with Crippen LogP contribution in [0.1, 0.15) is 17.5 Å². The van der Waals surface area contributed by atoms with Crippen molar-refractivity contribution in [1.29, 1.82) is 0 Å². The van der Waals surface area contributed by atoms with Crippen LogP contribution < -0.4 is 10.6 Å². The highest BCUT2D eigenvalue weighted by molar-refractivity contribution is 6.30. The van der Waals surface area contributed by atoms with E-state index in [0.717, 1.165) is 24.1 Å². The van der Waals surface area contributed by atoms with Crippen molar-refractivity contribution in [2.75, 3.05) is 5.32 Å². The minimum absolute atomic E-state index is 0.0296. The number of hydrogen-bond donors (Lipinski definition) is 2. The Bertz CT molecular complexity index is 657. The highest BCUT2D eigenvalue weighted by atomic mass is 35.5. The largest absolute Gasteiger partial charge is 0.324 e. The molecule has 0 fully saturated rings. The first kappa shape index (κ1) is 14.1. The lowest BCUT2D eigenvalue weighted by atomic mass is 10.1. The van der Waals surface area contributed by atoms with Crippen molar-refractivity contribution >= 4 is 23.2 Å². The molecule has 1 aliphatic heterocycles. The van der Waals surface area contributed by atoms with Crippen LogP contribution in [0, 0.1) is 0 Å². The molecule has 1 aliphatic rings. The summed E-state index contributed by atoms with van der Waals surface area (Å²) < 4.78 is 0. The van der Waals surface area contributed by atoms with Crippen LogP contribution in [0.15, 0.2) is 48.5 Å². The molecule has 2 aromatic rings. The summed E-state index contributed by atoms with van der Waals surface area (Å²) in [4.78, 5) is 12.3. The van der Waals surface area contributed by atoms with E-state index in [1.54, 1.807) is 0 Å². The molecule has 4 heteroatoms. The number of hydrogen-bond acceptors (Lipinski definition) is 2. The maximum atomic E-state index is 12.3. The molecule has 21 heavy (non-hydrogen) atoms. The Labute approximate surface area is 129 Å². The SMILES string of the molecule is O=C1Nc2ccccc2CCC1NCc1cccc(Cl)c1. The molecular weight excluding hydrogens is 284 g/mol. The van der Waals surface area contributed by atoms with Gasteiger partial charge in [0.15, 0.2) is 0 Å². The summed E-state index contributed by atoms with van der Waals surface area (Å²) >= 11 is 5.97. The Balaban J connectivity index is 1.66. The number of anilines is 1. The zero-order valence-electron chi connectivity index (χ0n) is 11.6. The summed E-state index contributed by atoms with van der Waals surface area (Å²) in [5.41, 5.74) is 3.20. The molecule has 0 bridgehead atoms. The van der Waals surface area contributed by atoms with Crippen LogP contribution >= 0.6 is 11.6 Å². The monoisotopic (exact) mass is 300 g/mol. The highest BCUT2D eigenvalue weighted by Gasteiger charge is 2.22. The Morgan fingerprint density at radius 1 is 1.19 bits per heavy atom. The van der Waals surface area contributed by atoms with Gasteiger partial charge in [-0.15, -0.1) is 0 Å². The Morgan fingerprint density at radius 3 is 2.90 bits per heavy atom. The highest BCUT2D eigenvalue weighted by Crippen LogP contribution is 2.21. The Kier molecular flexibility index (Phi) is 4.23. The topological polar surface area (TPSA) is 41.1 Å². The molecule has 3 rings (SSSR count). The maximum Gasteiger partial charge on any atom is 0.241 e. The van der Waals surface area contributed by atoms with Crippen LogP contribution in [0.25, 0.3) is 0 Å². The van der Waals surface area contributed by atoms with E-state index >= 15 is 0 Å². The molecule has 108 valence electrons. The number of rotatable bonds is 3. The fourth-order valence-corrected chi connectivity index (χ4v) is 2.81. The smallest absolute Gasteiger partial charge is 0.241 e. The number of halogens is 1. The van der Waals surface area contributed by atoms with Gasteiger partial charge in [-0.05, 0) is 42.2 Å². The molecule has 3 nitrogen and oxygen atoms in total. The second-order valence-electron chi connectivity index (χ2n) is 5.25. The van der Waals surface area contributed by atoms with E-state index in [9.17, 15) is 4.79 Å². The van der Waals surface area contributed by atoms with Crippen LogP contribution in [0.5, 0.6) is 0 Å². The molecule has 1 unspecified atom stereocenters. The molecule has 1 atom stereocenters. The number of nitrogens with one attached hydrogen (secondary N) is 2. The summed E-state index contributed by atoms with van der Waals surface area (Å²) in [5.74, 6) is 0.0296. The molecule has 0 aliphatic carbocycles. The molecule has 0 aromatic heterocycles. The molecule has 0 saturated carbocycles. The number of benzene rings is 2. The van der Waals surface area contributed by atoms with Gasteiger partial charge in [-0.1, -0.05) is 41.9 Å². The van der Waals surface area contributed by atoms with Gasteiger partial charge in [0.25, 0.3) is 0 Å². The van der Waals surface area contributed by atoms with Crippen LogP contribution in [0.4, 0.5) is 5.69 Å². The van der Waals surface area contributed by atoms with Gasteiger partial charge in [0.05, 0.1) is 6.04 Å². The quantitative estimate of drug-likeness (QED) is 0.912. The van der Waals surface area contributed by atoms with Gasteiger partial charge in [0.1, 0.15) is 0 Å². The average molecular weight is 301 g/mol. The summed E-state index contributed by atoms with van der Waals surface area (Å²) in [5, 5.41) is 7.03. The van der Waals surface area contributed by atoms with Gasteiger partial charge in [0.2, 0.25) is 5.91 Å². The third kappa shape index (κ3) is 3.43. The average Bonchev–Trinajstić information content (AvgIpc) is 2.64. The van der Waals surface area contributed by atoms with E-state index in [1.807, 2.05) is 42.5 Å². The van der Waals surface area contributed by atoms with Crippen LogP contribution in [0.2, 0.25) is 5.02 Å². The number of para-hydroxylation sites is 1. The molecule has 1 amide bonds. The predicted octanol–water partition coefficient (Wildman–Crippen LogP) is 3.38. The number of carbonyl (C=O) groups excluding carboxylic acids is 1. The Hall–Kier alpha value is -1.84. The molecule has 2 aromatic carbocycles. The van der Waals surface area contributed by atoms with Crippen molar-refractivity contribution < 1.29 is 4.79 Å². The van der Waals surface area contributed by atoms with E-state index in [4.69, 9.17) is 11.6 Å². The van der Waals surface area contributed by atoms with Crippen molar-refractivity contribution in [2.24, 2.45) is 0 Å². The van der Waals surface area contributed by atoms with E-state index in [0.29, 0.717) is 11.6 Å². The zero-order valence-corrected chi connectivity index (χ0v) is 12.4. The fraction of sp³-hybridized carbons (Fsp3) is 0.235. The third-order valence-corrected chi connectivity index (χ3v) is 3.97. The second kappa shape index (κ2) is 6.29. The van der Waals surface area contributed by atoms with Gasteiger partial charge < -0.3 is 10.6 Å². The molecule has 0 saturated heterocycles. The van der Waals surface area contributed by atoms with E-state index in [2.05, 4.69) is 16.7 Å². The van der Waals surface area contributed by atoms with Crippen LogP contribution in [-0.2, 0) is 17.8 Å². The van der Waals surface area contributed by atoms with E-state index in [-0.39, 0.29) is 11.9 Å². The van der Waals surface area contributed by atoms with Crippen molar-refractivity contribution in [1.82, 2.24) is 5.32 Å². The zero-order chi connectivity index (χ0) is 14.7. The van der Waals surface area contributed by atoms with Gasteiger partial charge in [-0.25, -0.2) is 0 Å². The lowest BCUT2D eigenvalue weighted by Crippen LogP contribution is -2.39. The van der Waals surface area contributed by atoms with Crippen molar-refractivity contribution in [3.05, 3.63) is 64.7 Å². The first-order valence-corrected chi connectivity index (χ1v) is 7.47. The normalized spacial score (nSPS) is 17.8. The summed E-state index contributed by atoms with van der Waals surface area (Å²) in [6.07, 6.45) is 1.69. The molecule has 0 radical (unpaired) electrons. The number of fused-ring (bicyclic) bond motifs is 1. The molecular formula is C17H17ClN2O. The predicted molar refractivity (Wildman–Crippen MR) is 85.5 cm³/mol. The summed E-state index contributed by atoms with van der Waals surface area (Å²) in [7, 11) is 0. The van der Waals surface area contributed by atoms with E-state index < -0.39 is 0 Å². The minimum Gasteiger partial charge on any atom is -0.324 e. The number of carbonyl (C=O) groups is 1. The third-order valence-electron chi connectivity index (χ3n) is 3.74. The van der Waals surface area contributed by atoms with Crippen LogP contribution in [0.3, 0.4) is 0 Å². The number of aryl methyl sites for hydroxylation is 1. The molecule has 1 heterocycles.